The van der Waals surface area contributed by atoms with E-state index in [1.165, 1.54) is 26.0 Å². The summed E-state index contributed by atoms with van der Waals surface area (Å²) in [5, 5.41) is 17.5. The minimum atomic E-state index is -0.390. The van der Waals surface area contributed by atoms with E-state index in [9.17, 15) is 10.1 Å². The molecule has 1 aromatic carbocycles. The van der Waals surface area contributed by atoms with Crippen molar-refractivity contribution in [3.63, 3.8) is 0 Å². The first kappa shape index (κ1) is 13.6. The average Bonchev–Trinajstić information content (AvgIpc) is 2.92. The normalized spacial score (nSPS) is 18.3. The van der Waals surface area contributed by atoms with Crippen molar-refractivity contribution >= 4 is 11.4 Å². The monoisotopic (exact) mass is 265 g/mol. The molecule has 0 saturated carbocycles. The summed E-state index contributed by atoms with van der Waals surface area (Å²) >= 11 is 0. The number of hydrogen-bond acceptors (Lipinski definition) is 5. The predicted molar refractivity (Wildman–Crippen MR) is 73.8 cm³/mol. The van der Waals surface area contributed by atoms with Gasteiger partial charge in [-0.15, -0.1) is 0 Å². The summed E-state index contributed by atoms with van der Waals surface area (Å²) in [6.07, 6.45) is 3.38. The minimum absolute atomic E-state index is 0.0544. The first-order valence-electron chi connectivity index (χ1n) is 6.50. The predicted octanol–water partition coefficient (Wildman–Crippen LogP) is 2.16. The van der Waals surface area contributed by atoms with Gasteiger partial charge in [-0.2, -0.15) is 0 Å². The number of nitro benzene ring substituents is 1. The molecule has 0 aromatic heterocycles. The number of anilines is 1. The number of rotatable bonds is 6. The molecule has 0 amide bonds. The lowest BCUT2D eigenvalue weighted by Gasteiger charge is -2.12. The van der Waals surface area contributed by atoms with E-state index < -0.39 is 4.92 Å². The van der Waals surface area contributed by atoms with Crippen molar-refractivity contribution in [3.05, 3.63) is 28.3 Å². The standard InChI is InChI=1S/C13H19N3O3/c1-19-11-4-5-12(13(9-11)16(17)18)15-8-6-10-3-2-7-14-10/h4-5,9-10,14-15H,2-3,6-8H2,1H3/t10-/m0/s1. The molecular weight excluding hydrogens is 246 g/mol. The van der Waals surface area contributed by atoms with Crippen LogP contribution in [0.4, 0.5) is 11.4 Å². The smallest absolute Gasteiger partial charge is 0.296 e. The van der Waals surface area contributed by atoms with Gasteiger partial charge in [-0.1, -0.05) is 0 Å². The van der Waals surface area contributed by atoms with Crippen molar-refractivity contribution in [2.24, 2.45) is 0 Å². The maximum Gasteiger partial charge on any atom is 0.296 e. The molecule has 0 aliphatic carbocycles. The summed E-state index contributed by atoms with van der Waals surface area (Å²) in [6, 6.07) is 5.39. The van der Waals surface area contributed by atoms with E-state index >= 15 is 0 Å². The molecule has 0 unspecified atom stereocenters. The lowest BCUT2D eigenvalue weighted by atomic mass is 10.1. The number of hydrogen-bond donors (Lipinski definition) is 2. The first-order valence-corrected chi connectivity index (χ1v) is 6.50. The Hall–Kier alpha value is -1.82. The zero-order valence-electron chi connectivity index (χ0n) is 11.0. The van der Waals surface area contributed by atoms with Crippen LogP contribution < -0.4 is 15.4 Å². The maximum absolute atomic E-state index is 11.0. The van der Waals surface area contributed by atoms with E-state index in [1.54, 1.807) is 12.1 Å². The van der Waals surface area contributed by atoms with Crippen molar-refractivity contribution < 1.29 is 9.66 Å². The van der Waals surface area contributed by atoms with Crippen LogP contribution in [0.15, 0.2) is 18.2 Å². The van der Waals surface area contributed by atoms with Crippen LogP contribution in [-0.4, -0.2) is 31.2 Å². The van der Waals surface area contributed by atoms with Crippen LogP contribution in [0, 0.1) is 10.1 Å². The number of nitrogens with one attached hydrogen (secondary N) is 2. The second kappa shape index (κ2) is 6.38. The number of nitrogens with zero attached hydrogens (tertiary/aromatic N) is 1. The Balaban J connectivity index is 1.96. The van der Waals surface area contributed by atoms with Crippen molar-refractivity contribution in [2.75, 3.05) is 25.5 Å². The lowest BCUT2D eigenvalue weighted by molar-refractivity contribution is -0.384. The summed E-state index contributed by atoms with van der Waals surface area (Å²) in [4.78, 5) is 10.6. The largest absolute Gasteiger partial charge is 0.496 e. The van der Waals surface area contributed by atoms with Gasteiger partial charge in [0.2, 0.25) is 0 Å². The van der Waals surface area contributed by atoms with Gasteiger partial charge in [0.05, 0.1) is 18.1 Å². The molecule has 0 bridgehead atoms. The molecule has 2 N–H and O–H groups in total. The van der Waals surface area contributed by atoms with E-state index in [-0.39, 0.29) is 5.69 Å². The fourth-order valence-electron chi connectivity index (χ4n) is 2.32. The highest BCUT2D eigenvalue weighted by Crippen LogP contribution is 2.28. The van der Waals surface area contributed by atoms with Crippen LogP contribution >= 0.6 is 0 Å². The Kier molecular flexibility index (Phi) is 4.57. The molecule has 6 heteroatoms. The van der Waals surface area contributed by atoms with Gasteiger partial charge in [0.1, 0.15) is 11.4 Å². The number of benzene rings is 1. The third-order valence-electron chi connectivity index (χ3n) is 3.37. The summed E-state index contributed by atoms with van der Waals surface area (Å²) in [5.74, 6) is 0.495. The molecule has 2 rings (SSSR count). The molecule has 1 aliphatic heterocycles. The number of methoxy groups -OCH3 is 1. The molecule has 0 radical (unpaired) electrons. The molecule has 0 spiro atoms. The highest BCUT2D eigenvalue weighted by Gasteiger charge is 2.16. The summed E-state index contributed by atoms with van der Waals surface area (Å²) in [7, 11) is 1.50. The maximum atomic E-state index is 11.0. The van der Waals surface area contributed by atoms with Gasteiger partial charge in [0, 0.05) is 12.6 Å². The molecule has 104 valence electrons. The van der Waals surface area contributed by atoms with Crippen LogP contribution in [0.5, 0.6) is 5.75 Å². The Morgan fingerprint density at radius 1 is 1.58 bits per heavy atom. The molecule has 1 saturated heterocycles. The van der Waals surface area contributed by atoms with Gasteiger partial charge in [0.15, 0.2) is 0 Å². The van der Waals surface area contributed by atoms with E-state index in [0.29, 0.717) is 17.5 Å². The highest BCUT2D eigenvalue weighted by molar-refractivity contribution is 5.63. The van der Waals surface area contributed by atoms with Gasteiger partial charge in [-0.3, -0.25) is 10.1 Å². The average molecular weight is 265 g/mol. The highest BCUT2D eigenvalue weighted by atomic mass is 16.6. The number of nitro groups is 1. The first-order chi connectivity index (χ1) is 9.20. The second-order valence-electron chi connectivity index (χ2n) is 4.65. The Morgan fingerprint density at radius 3 is 3.05 bits per heavy atom. The lowest BCUT2D eigenvalue weighted by Crippen LogP contribution is -2.24. The van der Waals surface area contributed by atoms with E-state index in [1.807, 2.05) is 0 Å². The fourth-order valence-corrected chi connectivity index (χ4v) is 2.32. The van der Waals surface area contributed by atoms with Crippen molar-refractivity contribution in [1.82, 2.24) is 5.32 Å². The molecule has 1 aromatic rings. The quantitative estimate of drug-likeness (QED) is 0.609. The Bertz CT molecular complexity index is 445. The van der Waals surface area contributed by atoms with Crippen molar-refractivity contribution in [1.29, 1.82) is 0 Å². The summed E-state index contributed by atoms with van der Waals surface area (Å²) < 4.78 is 5.00. The zero-order valence-corrected chi connectivity index (χ0v) is 11.0. The van der Waals surface area contributed by atoms with Crippen LogP contribution in [-0.2, 0) is 0 Å². The SMILES string of the molecule is COc1ccc(NCC[C@@H]2CCCN2)c([N+](=O)[O-])c1. The molecule has 6 nitrogen and oxygen atoms in total. The zero-order chi connectivity index (χ0) is 13.7. The Morgan fingerprint density at radius 2 is 2.42 bits per heavy atom. The molecule has 1 heterocycles. The van der Waals surface area contributed by atoms with Gasteiger partial charge < -0.3 is 15.4 Å². The van der Waals surface area contributed by atoms with Crippen LogP contribution in [0.2, 0.25) is 0 Å². The fraction of sp³-hybridized carbons (Fsp3) is 0.538. The van der Waals surface area contributed by atoms with Gasteiger partial charge in [-0.05, 0) is 37.9 Å². The topological polar surface area (TPSA) is 76.4 Å². The second-order valence-corrected chi connectivity index (χ2v) is 4.65. The number of ether oxygens (including phenoxy) is 1. The van der Waals surface area contributed by atoms with E-state index in [2.05, 4.69) is 10.6 Å². The van der Waals surface area contributed by atoms with Crippen LogP contribution in [0.3, 0.4) is 0 Å². The third kappa shape index (κ3) is 3.57. The van der Waals surface area contributed by atoms with E-state index in [4.69, 9.17) is 4.74 Å². The van der Waals surface area contributed by atoms with E-state index in [0.717, 1.165) is 19.5 Å². The molecule has 1 fully saturated rings. The van der Waals surface area contributed by atoms with Crippen molar-refractivity contribution in [2.45, 2.75) is 25.3 Å². The van der Waals surface area contributed by atoms with Crippen LogP contribution in [0.1, 0.15) is 19.3 Å². The molecule has 1 aliphatic rings. The summed E-state index contributed by atoms with van der Waals surface area (Å²) in [5.41, 5.74) is 0.600. The van der Waals surface area contributed by atoms with Crippen molar-refractivity contribution in [3.8, 4) is 5.75 Å². The third-order valence-corrected chi connectivity index (χ3v) is 3.37. The van der Waals surface area contributed by atoms with Gasteiger partial charge >= 0.3 is 0 Å². The molecule has 1 atom stereocenters. The summed E-state index contributed by atoms with van der Waals surface area (Å²) in [6.45, 7) is 1.80. The molecular formula is C13H19N3O3. The van der Waals surface area contributed by atoms with Gasteiger partial charge in [0.25, 0.3) is 5.69 Å². The van der Waals surface area contributed by atoms with Gasteiger partial charge in [-0.25, -0.2) is 0 Å². The minimum Gasteiger partial charge on any atom is -0.496 e. The van der Waals surface area contributed by atoms with Crippen LogP contribution in [0.25, 0.3) is 0 Å². The molecule has 19 heavy (non-hydrogen) atoms. The Labute approximate surface area is 112 Å².